The van der Waals surface area contributed by atoms with Crippen LogP contribution in [-0.4, -0.2) is 30.8 Å². The molecule has 1 fully saturated rings. The van der Waals surface area contributed by atoms with Gasteiger partial charge in [0.15, 0.2) is 5.11 Å². The molecule has 1 aliphatic heterocycles. The van der Waals surface area contributed by atoms with Crippen LogP contribution in [-0.2, 0) is 0 Å². The Morgan fingerprint density at radius 2 is 2.16 bits per heavy atom. The normalized spacial score (nSPS) is 22.2. The number of hydrogen-bond donors (Lipinski definition) is 3. The van der Waals surface area contributed by atoms with Gasteiger partial charge in [-0.1, -0.05) is 11.6 Å². The predicted molar refractivity (Wildman–Crippen MR) is 85.1 cm³/mol. The summed E-state index contributed by atoms with van der Waals surface area (Å²) >= 11 is 11.2. The van der Waals surface area contributed by atoms with Gasteiger partial charge in [0.05, 0.1) is 19.6 Å². The first-order valence-electron chi connectivity index (χ1n) is 6.84. The van der Waals surface area contributed by atoms with E-state index in [1.165, 1.54) is 25.9 Å². The van der Waals surface area contributed by atoms with Gasteiger partial charge >= 0.3 is 0 Å². The summed E-state index contributed by atoms with van der Waals surface area (Å²) in [6, 6.07) is 8.25. The van der Waals surface area contributed by atoms with Crippen molar-refractivity contribution >= 4 is 34.6 Å². The van der Waals surface area contributed by atoms with Crippen molar-refractivity contribution in [1.82, 2.24) is 5.32 Å². The van der Waals surface area contributed by atoms with E-state index in [2.05, 4.69) is 17.6 Å². The number of benzene rings is 1. The van der Waals surface area contributed by atoms with Gasteiger partial charge in [-0.2, -0.15) is 0 Å². The molecule has 0 radical (unpaired) electrons. The Morgan fingerprint density at radius 3 is 2.84 bits per heavy atom. The van der Waals surface area contributed by atoms with Crippen LogP contribution in [0.3, 0.4) is 0 Å². The van der Waals surface area contributed by atoms with E-state index in [0.717, 1.165) is 17.3 Å². The van der Waals surface area contributed by atoms with Crippen LogP contribution in [0.4, 0.5) is 5.69 Å². The monoisotopic (exact) mass is 298 g/mol. The fourth-order valence-corrected chi connectivity index (χ4v) is 2.95. The lowest BCUT2D eigenvalue weighted by atomic mass is 10.2. The second kappa shape index (κ2) is 7.08. The van der Waals surface area contributed by atoms with Crippen molar-refractivity contribution in [2.24, 2.45) is 0 Å². The van der Waals surface area contributed by atoms with E-state index in [0.29, 0.717) is 11.2 Å². The lowest BCUT2D eigenvalue weighted by molar-refractivity contribution is -0.909. The van der Waals surface area contributed by atoms with E-state index in [1.54, 1.807) is 4.90 Å². The van der Waals surface area contributed by atoms with E-state index >= 15 is 0 Å². The average Bonchev–Trinajstić information content (AvgIpc) is 2.86. The Kier molecular flexibility index (Phi) is 5.43. The van der Waals surface area contributed by atoms with Crippen LogP contribution in [0.1, 0.15) is 19.8 Å². The van der Waals surface area contributed by atoms with Crippen LogP contribution in [0.2, 0.25) is 5.02 Å². The van der Waals surface area contributed by atoms with Gasteiger partial charge in [0.1, 0.15) is 6.04 Å². The molecule has 2 rings (SSSR count). The largest absolute Gasteiger partial charge is 0.356 e. The van der Waals surface area contributed by atoms with Crippen molar-refractivity contribution in [2.75, 3.05) is 25.0 Å². The minimum Gasteiger partial charge on any atom is -0.356 e. The highest BCUT2D eigenvalue weighted by Gasteiger charge is 2.26. The highest BCUT2D eigenvalue weighted by molar-refractivity contribution is 7.80. The third kappa shape index (κ3) is 4.34. The molecule has 1 saturated heterocycles. The molecular weight excluding hydrogens is 278 g/mol. The summed E-state index contributed by atoms with van der Waals surface area (Å²) in [5.74, 6) is 0. The maximum absolute atomic E-state index is 5.85. The second-order valence-corrected chi connectivity index (χ2v) is 5.79. The molecule has 3 nitrogen and oxygen atoms in total. The van der Waals surface area contributed by atoms with E-state index in [9.17, 15) is 0 Å². The smallest absolute Gasteiger partial charge is 0.170 e. The first kappa shape index (κ1) is 14.6. The molecule has 0 amide bonds. The van der Waals surface area contributed by atoms with Crippen LogP contribution in [0.25, 0.3) is 0 Å². The van der Waals surface area contributed by atoms with Gasteiger partial charge in [0, 0.05) is 23.6 Å². The zero-order chi connectivity index (χ0) is 13.7. The lowest BCUT2D eigenvalue weighted by Crippen LogP contribution is -3.14. The van der Waals surface area contributed by atoms with Crippen molar-refractivity contribution < 1.29 is 4.90 Å². The predicted octanol–water partition coefficient (Wildman–Crippen LogP) is 1.69. The quantitative estimate of drug-likeness (QED) is 0.739. The van der Waals surface area contributed by atoms with E-state index in [1.807, 2.05) is 24.3 Å². The Morgan fingerprint density at radius 1 is 1.42 bits per heavy atom. The van der Waals surface area contributed by atoms with E-state index in [4.69, 9.17) is 23.8 Å². The molecule has 3 N–H and O–H groups in total. The van der Waals surface area contributed by atoms with Gasteiger partial charge < -0.3 is 15.5 Å². The summed E-state index contributed by atoms with van der Waals surface area (Å²) < 4.78 is 0. The first-order chi connectivity index (χ1) is 9.19. The molecule has 5 heteroatoms. The number of anilines is 1. The molecule has 0 saturated carbocycles. The van der Waals surface area contributed by atoms with Crippen LogP contribution < -0.4 is 15.5 Å². The zero-order valence-corrected chi connectivity index (χ0v) is 12.8. The van der Waals surface area contributed by atoms with Gasteiger partial charge in [0.25, 0.3) is 0 Å². The van der Waals surface area contributed by atoms with Crippen LogP contribution in [0, 0.1) is 0 Å². The van der Waals surface area contributed by atoms with Crippen LogP contribution >= 0.6 is 23.8 Å². The molecule has 1 aromatic rings. The standard InChI is InChI=1S/C14H20ClN3S/c1-2-18-9-3-4-13(18)10-16-14(19)17-12-7-5-11(15)6-8-12/h5-8,13H,2-4,9-10H2,1H3,(H2,16,17,19)/p+1/t13-/m1/s1. The average molecular weight is 299 g/mol. The van der Waals surface area contributed by atoms with Crippen LogP contribution in [0.5, 0.6) is 0 Å². The number of nitrogens with one attached hydrogen (secondary N) is 3. The number of hydrogen-bond acceptors (Lipinski definition) is 1. The van der Waals surface area contributed by atoms with Gasteiger partial charge in [-0.05, 0) is 43.4 Å². The molecule has 19 heavy (non-hydrogen) atoms. The molecule has 1 aliphatic rings. The SMILES string of the molecule is CC[NH+]1CCC[C@@H]1CNC(=S)Nc1ccc(Cl)cc1. The van der Waals surface area contributed by atoms with Gasteiger partial charge in [-0.15, -0.1) is 0 Å². The minimum atomic E-state index is 0.685. The van der Waals surface area contributed by atoms with Crippen molar-refractivity contribution in [3.63, 3.8) is 0 Å². The number of thiocarbonyl (C=S) groups is 1. The highest BCUT2D eigenvalue weighted by atomic mass is 35.5. The van der Waals surface area contributed by atoms with Gasteiger partial charge in [-0.3, -0.25) is 0 Å². The molecule has 104 valence electrons. The molecule has 1 aromatic carbocycles. The number of likely N-dealkylation sites (tertiary alicyclic amines) is 1. The van der Waals surface area contributed by atoms with Crippen LogP contribution in [0.15, 0.2) is 24.3 Å². The summed E-state index contributed by atoms with van der Waals surface area (Å²) in [6.45, 7) is 5.68. The number of rotatable bonds is 4. The summed E-state index contributed by atoms with van der Waals surface area (Å²) in [7, 11) is 0. The number of quaternary nitrogens is 1. The Bertz CT molecular complexity index is 421. The first-order valence-corrected chi connectivity index (χ1v) is 7.62. The van der Waals surface area contributed by atoms with Gasteiger partial charge in [-0.25, -0.2) is 0 Å². The Labute approximate surface area is 125 Å². The molecule has 0 aliphatic carbocycles. The Hall–Kier alpha value is -0.840. The molecule has 0 aromatic heterocycles. The van der Waals surface area contributed by atoms with E-state index < -0.39 is 0 Å². The van der Waals surface area contributed by atoms with E-state index in [-0.39, 0.29) is 0 Å². The summed E-state index contributed by atoms with van der Waals surface area (Å²) in [5.41, 5.74) is 0.966. The second-order valence-electron chi connectivity index (χ2n) is 4.94. The van der Waals surface area contributed by atoms with Crippen molar-refractivity contribution in [3.05, 3.63) is 29.3 Å². The summed E-state index contributed by atoms with van der Waals surface area (Å²) in [5, 5.41) is 7.92. The number of halogens is 1. The Balaban J connectivity index is 1.77. The summed E-state index contributed by atoms with van der Waals surface area (Å²) in [4.78, 5) is 1.68. The number of likely N-dealkylation sites (N-methyl/N-ethyl adjacent to an activating group) is 1. The third-order valence-electron chi connectivity index (χ3n) is 3.69. The lowest BCUT2D eigenvalue weighted by Gasteiger charge is -2.21. The van der Waals surface area contributed by atoms with Crippen molar-refractivity contribution in [3.8, 4) is 0 Å². The third-order valence-corrected chi connectivity index (χ3v) is 4.19. The molecule has 0 spiro atoms. The molecule has 1 heterocycles. The molecule has 0 bridgehead atoms. The fraction of sp³-hybridized carbons (Fsp3) is 0.500. The van der Waals surface area contributed by atoms with Crippen molar-refractivity contribution in [2.45, 2.75) is 25.8 Å². The maximum Gasteiger partial charge on any atom is 0.170 e. The fourth-order valence-electron chi connectivity index (χ4n) is 2.62. The van der Waals surface area contributed by atoms with Gasteiger partial charge in [0.2, 0.25) is 0 Å². The topological polar surface area (TPSA) is 28.5 Å². The molecule has 2 atom stereocenters. The maximum atomic E-state index is 5.85. The highest BCUT2D eigenvalue weighted by Crippen LogP contribution is 2.13. The molecule has 1 unspecified atom stereocenters. The van der Waals surface area contributed by atoms with Crippen molar-refractivity contribution in [1.29, 1.82) is 0 Å². The summed E-state index contributed by atoms with van der Waals surface area (Å²) in [6.07, 6.45) is 2.62. The zero-order valence-electron chi connectivity index (χ0n) is 11.2. The molecular formula is C14H21ClN3S+. The minimum absolute atomic E-state index is 0.685.